The molecule has 1 atom stereocenters. The Morgan fingerprint density at radius 1 is 0.831 bits per heavy atom. The highest BCUT2D eigenvalue weighted by Gasteiger charge is 2.32. The number of alkyl carbamates (subject to hydrolysis) is 1. The van der Waals surface area contributed by atoms with Crippen molar-refractivity contribution in [1.29, 1.82) is 0 Å². The van der Waals surface area contributed by atoms with E-state index in [2.05, 4.69) is 35.9 Å². The Bertz CT molecular complexity index is 2430. The first-order valence-corrected chi connectivity index (χ1v) is 23.9. The number of carbonyl (C=O) groups is 4. The van der Waals surface area contributed by atoms with Crippen LogP contribution < -0.4 is 20.7 Å². The fourth-order valence-corrected chi connectivity index (χ4v) is 9.49. The minimum Gasteiger partial charge on any atom is -0.444 e. The van der Waals surface area contributed by atoms with Crippen LogP contribution in [-0.2, 0) is 35.5 Å². The Balaban J connectivity index is 1.12. The molecule has 4 amide bonds. The van der Waals surface area contributed by atoms with E-state index < -0.39 is 39.5 Å². The lowest BCUT2D eigenvalue weighted by molar-refractivity contribution is -0.130. The number of amides is 4. The average Bonchev–Trinajstić information content (AvgIpc) is 3.68. The lowest BCUT2D eigenvalue weighted by Gasteiger charge is -2.33. The molecule has 6 rings (SSSR count). The van der Waals surface area contributed by atoms with Crippen LogP contribution in [0.1, 0.15) is 97.0 Å². The minimum absolute atomic E-state index is 0.140. The summed E-state index contributed by atoms with van der Waals surface area (Å²) in [5.41, 5.74) is 3.31. The van der Waals surface area contributed by atoms with Gasteiger partial charge in [0.25, 0.3) is 0 Å². The number of carbonyl (C=O) groups excluding carboxylic acids is 4. The Morgan fingerprint density at radius 2 is 1.51 bits per heavy atom. The van der Waals surface area contributed by atoms with Crippen LogP contribution in [-0.4, -0.2) is 95.4 Å². The number of likely N-dealkylation sites (tertiary alicyclic amines) is 1. The number of hydrogen-bond donors (Lipinski definition) is 5. The van der Waals surface area contributed by atoms with Crippen molar-refractivity contribution < 1.29 is 37.1 Å². The Labute approximate surface area is 382 Å². The van der Waals surface area contributed by atoms with Crippen LogP contribution in [0.25, 0.3) is 22.5 Å². The third-order valence-corrected chi connectivity index (χ3v) is 13.0. The third kappa shape index (κ3) is 14.1. The molecule has 16 nitrogen and oxygen atoms in total. The lowest BCUT2D eigenvalue weighted by Crippen LogP contribution is -2.48. The second-order valence-electron chi connectivity index (χ2n) is 19.2. The van der Waals surface area contributed by atoms with Gasteiger partial charge in [-0.25, -0.2) is 27.7 Å². The predicted octanol–water partition coefficient (Wildman–Crippen LogP) is 7.43. The molecule has 0 bridgehead atoms. The zero-order valence-corrected chi connectivity index (χ0v) is 39.6. The normalized spacial score (nSPS) is 17.8. The van der Waals surface area contributed by atoms with Gasteiger partial charge in [0.2, 0.25) is 21.8 Å². The van der Waals surface area contributed by atoms with Gasteiger partial charge < -0.3 is 30.3 Å². The van der Waals surface area contributed by atoms with Crippen molar-refractivity contribution in [2.24, 2.45) is 11.8 Å². The van der Waals surface area contributed by atoms with Gasteiger partial charge in [0.1, 0.15) is 23.1 Å². The summed E-state index contributed by atoms with van der Waals surface area (Å²) in [5, 5.41) is 15.9. The van der Waals surface area contributed by atoms with E-state index in [0.29, 0.717) is 62.7 Å². The summed E-state index contributed by atoms with van der Waals surface area (Å²) in [4.78, 5) is 58.8. The van der Waals surface area contributed by atoms with Gasteiger partial charge in [-0.05, 0) is 158 Å². The fraction of sp³-hybridized carbons (Fsp3) is 0.500. The molecule has 1 aliphatic carbocycles. The topological polar surface area (TPSA) is 214 Å². The maximum atomic E-state index is 14.1. The molecule has 0 radical (unpaired) electrons. The first-order valence-electron chi connectivity index (χ1n) is 22.4. The first-order chi connectivity index (χ1) is 30.6. The number of anilines is 1. The number of sulfonamides is 1. The molecule has 2 heterocycles. The highest BCUT2D eigenvalue weighted by molar-refractivity contribution is 7.89. The fourth-order valence-electron chi connectivity index (χ4n) is 8.10. The van der Waals surface area contributed by atoms with Crippen LogP contribution in [0.15, 0.2) is 71.6 Å². The van der Waals surface area contributed by atoms with E-state index in [0.717, 1.165) is 40.7 Å². The van der Waals surface area contributed by atoms with Crippen molar-refractivity contribution in [2.45, 2.75) is 129 Å². The molecular formula is C48H64N8O8S. The summed E-state index contributed by atoms with van der Waals surface area (Å²) < 4.78 is 40.8. The summed E-state index contributed by atoms with van der Waals surface area (Å²) in [7, 11) is -3.86. The summed E-state index contributed by atoms with van der Waals surface area (Å²) in [5.74, 6) is 0.555. The van der Waals surface area contributed by atoms with E-state index >= 15 is 0 Å². The number of ether oxygens (including phenoxy) is 2. The molecule has 5 N–H and O–H groups in total. The summed E-state index contributed by atoms with van der Waals surface area (Å²) in [6, 6.07) is 18.6. The van der Waals surface area contributed by atoms with Gasteiger partial charge in [-0.3, -0.25) is 14.7 Å². The quantitative estimate of drug-likeness (QED) is 0.0895. The number of rotatable bonds is 13. The molecule has 2 fully saturated rings. The van der Waals surface area contributed by atoms with Crippen LogP contribution >= 0.6 is 0 Å². The number of aromatic amines is 1. The second kappa shape index (κ2) is 20.6. The van der Waals surface area contributed by atoms with Crippen LogP contribution in [0.2, 0.25) is 0 Å². The SMILES string of the molecule is Cc1nc(-c2ccc(NC(=O)[C@H](Cc3cccc(-c4ccc(S(=O)(=O)NC5CCN(C(=O)OC(C)(C)C)CC5)cc4C)c3)NC(=O)C3CCC(CNC(=O)OC(C)(C)C)CC3)cc2)n[nH]1. The number of H-pyrrole nitrogens is 1. The van der Waals surface area contributed by atoms with Crippen LogP contribution in [0.3, 0.4) is 0 Å². The smallest absolute Gasteiger partial charge is 0.410 e. The maximum absolute atomic E-state index is 14.1. The average molecular weight is 913 g/mol. The van der Waals surface area contributed by atoms with Crippen molar-refractivity contribution in [1.82, 2.24) is 35.4 Å². The Hall–Kier alpha value is -5.81. The third-order valence-electron chi connectivity index (χ3n) is 11.4. The zero-order chi connectivity index (χ0) is 47.1. The number of aryl methyl sites for hydroxylation is 2. The van der Waals surface area contributed by atoms with Gasteiger partial charge in [0.15, 0.2) is 5.82 Å². The molecule has 4 aromatic rings. The molecule has 1 aromatic heterocycles. The summed E-state index contributed by atoms with van der Waals surface area (Å²) in [6.45, 7) is 15.8. The predicted molar refractivity (Wildman–Crippen MR) is 248 cm³/mol. The van der Waals surface area contributed by atoms with Crippen LogP contribution in [0.5, 0.6) is 0 Å². The largest absolute Gasteiger partial charge is 0.444 e. The highest BCUT2D eigenvalue weighted by Crippen LogP contribution is 2.31. The molecule has 2 aliphatic rings. The van der Waals surface area contributed by atoms with Crippen LogP contribution in [0, 0.1) is 25.7 Å². The molecule has 1 saturated heterocycles. The van der Waals surface area contributed by atoms with Crippen molar-refractivity contribution in [3.8, 4) is 22.5 Å². The number of piperidine rings is 1. The van der Waals surface area contributed by atoms with Crippen molar-refractivity contribution in [3.05, 3.63) is 83.7 Å². The van der Waals surface area contributed by atoms with E-state index in [9.17, 15) is 27.6 Å². The summed E-state index contributed by atoms with van der Waals surface area (Å²) in [6.07, 6.45) is 2.98. The van der Waals surface area contributed by atoms with Crippen LogP contribution in [0.4, 0.5) is 15.3 Å². The highest BCUT2D eigenvalue weighted by atomic mass is 32.2. The number of benzene rings is 3. The summed E-state index contributed by atoms with van der Waals surface area (Å²) >= 11 is 0. The number of aromatic nitrogens is 3. The standard InChI is InChI=1S/C48H64N8O8S/c1-30-26-39(65(61,62)55-38-22-24-56(25-23-38)46(60)64-48(6,7)8)20-21-40(30)36-11-9-10-33(27-36)28-41(44(58)51-37-18-16-34(17-19-37)42-50-31(2)53-54-42)52-43(57)35-14-12-32(13-15-35)29-49-45(59)63-47(3,4)5/h9-11,16-21,26-27,32,35,38,41,55H,12-15,22-25,28-29H2,1-8H3,(H,49,59)(H,51,58)(H,52,57)(H,50,53,54)/t32?,35?,41-/m0/s1. The molecule has 3 aromatic carbocycles. The van der Waals surface area contributed by atoms with Gasteiger partial charge in [-0.1, -0.05) is 30.3 Å². The van der Waals surface area contributed by atoms with Crippen molar-refractivity contribution in [2.75, 3.05) is 25.0 Å². The van der Waals surface area contributed by atoms with Gasteiger partial charge in [-0.15, -0.1) is 0 Å². The molecule has 1 aliphatic heterocycles. The van der Waals surface area contributed by atoms with E-state index in [-0.39, 0.29) is 41.0 Å². The van der Waals surface area contributed by atoms with Gasteiger partial charge in [0.05, 0.1) is 4.90 Å². The molecule has 1 saturated carbocycles. The van der Waals surface area contributed by atoms with Gasteiger partial charge >= 0.3 is 12.2 Å². The zero-order valence-electron chi connectivity index (χ0n) is 38.7. The van der Waals surface area contributed by atoms with E-state index in [1.807, 2.05) is 91.8 Å². The van der Waals surface area contributed by atoms with E-state index in [1.165, 1.54) is 0 Å². The Kier molecular flexibility index (Phi) is 15.4. The van der Waals surface area contributed by atoms with Crippen molar-refractivity contribution in [3.63, 3.8) is 0 Å². The molecule has 65 heavy (non-hydrogen) atoms. The number of nitrogens with zero attached hydrogens (tertiary/aromatic N) is 3. The maximum Gasteiger partial charge on any atom is 0.410 e. The molecule has 17 heteroatoms. The molecule has 0 unspecified atom stereocenters. The van der Waals surface area contributed by atoms with Gasteiger partial charge in [0, 0.05) is 49.3 Å². The Morgan fingerprint density at radius 3 is 2.12 bits per heavy atom. The second-order valence-corrected chi connectivity index (χ2v) is 20.9. The van der Waals surface area contributed by atoms with Crippen molar-refractivity contribution >= 4 is 39.7 Å². The number of hydrogen-bond acceptors (Lipinski definition) is 10. The van der Waals surface area contributed by atoms with E-state index in [1.54, 1.807) is 35.2 Å². The van der Waals surface area contributed by atoms with Gasteiger partial charge in [-0.2, -0.15) is 5.10 Å². The number of nitrogens with one attached hydrogen (secondary N) is 5. The van der Waals surface area contributed by atoms with E-state index in [4.69, 9.17) is 9.47 Å². The molecular weight excluding hydrogens is 849 g/mol. The molecule has 0 spiro atoms. The minimum atomic E-state index is -3.86. The monoisotopic (exact) mass is 912 g/mol. The first kappa shape index (κ1) is 48.6. The lowest BCUT2D eigenvalue weighted by atomic mass is 9.81. The molecule has 350 valence electrons.